The molecule has 1 aromatic rings. The highest BCUT2D eigenvalue weighted by atomic mass is 16.1. The summed E-state index contributed by atoms with van der Waals surface area (Å²) in [4.78, 5) is 23.8. The van der Waals surface area contributed by atoms with Crippen molar-refractivity contribution in [1.29, 1.82) is 0 Å². The molecule has 144 valence electrons. The van der Waals surface area contributed by atoms with Gasteiger partial charge in [-0.15, -0.1) is 0 Å². The summed E-state index contributed by atoms with van der Waals surface area (Å²) < 4.78 is 0. The highest BCUT2D eigenvalue weighted by Gasteiger charge is 2.33. The molecule has 6 nitrogen and oxygen atoms in total. The van der Waals surface area contributed by atoms with Gasteiger partial charge in [-0.05, 0) is 44.9 Å². The van der Waals surface area contributed by atoms with Crippen molar-refractivity contribution in [2.24, 2.45) is 0 Å². The summed E-state index contributed by atoms with van der Waals surface area (Å²) in [5.74, 6) is 0.958. The van der Waals surface area contributed by atoms with Crippen LogP contribution in [0.15, 0.2) is 77.8 Å². The molecular weight excluding hydrogens is 350 g/mol. The standard InChI is InChI=1S/C22H25N5O/c1-5-9-11-16(10-6-2)24-22-23-14-18-20(26-22)27-13-12-15(7-3)19(27)17(8-4)21(28)25-18/h5-11,14H,4,12-13H2,1-3H3,(H,25,28)(H,23,24,26)/b9-5-,10-6-,15-7-,16-11+. The van der Waals surface area contributed by atoms with Gasteiger partial charge in [0.15, 0.2) is 5.82 Å². The molecule has 28 heavy (non-hydrogen) atoms. The third-order valence-corrected chi connectivity index (χ3v) is 4.57. The third-order valence-electron chi connectivity index (χ3n) is 4.57. The number of amides is 1. The van der Waals surface area contributed by atoms with E-state index in [1.165, 1.54) is 0 Å². The topological polar surface area (TPSA) is 70.2 Å². The maximum Gasteiger partial charge on any atom is 0.257 e. The maximum atomic E-state index is 12.7. The quantitative estimate of drug-likeness (QED) is 0.743. The summed E-state index contributed by atoms with van der Waals surface area (Å²) in [5.41, 5.74) is 4.01. The Balaban J connectivity index is 2.06. The van der Waals surface area contributed by atoms with Gasteiger partial charge < -0.3 is 15.5 Å². The van der Waals surface area contributed by atoms with Crippen molar-refractivity contribution < 1.29 is 4.79 Å². The molecule has 0 atom stereocenters. The second-order valence-corrected chi connectivity index (χ2v) is 6.34. The van der Waals surface area contributed by atoms with Gasteiger partial charge in [-0.25, -0.2) is 4.98 Å². The summed E-state index contributed by atoms with van der Waals surface area (Å²) in [6.45, 7) is 10.5. The van der Waals surface area contributed by atoms with Gasteiger partial charge in [0.2, 0.25) is 5.95 Å². The molecule has 0 spiro atoms. The molecule has 0 saturated carbocycles. The fourth-order valence-corrected chi connectivity index (χ4v) is 3.31. The molecular formula is C22H25N5O. The van der Waals surface area contributed by atoms with E-state index < -0.39 is 0 Å². The first kappa shape index (κ1) is 19.4. The number of rotatable bonds is 5. The molecule has 1 fully saturated rings. The van der Waals surface area contributed by atoms with Crippen LogP contribution in [-0.4, -0.2) is 22.4 Å². The van der Waals surface area contributed by atoms with Crippen molar-refractivity contribution in [3.63, 3.8) is 0 Å². The molecule has 0 aromatic carbocycles. The minimum Gasteiger partial charge on any atom is -0.324 e. The molecule has 6 heteroatoms. The smallest absolute Gasteiger partial charge is 0.257 e. The van der Waals surface area contributed by atoms with E-state index >= 15 is 0 Å². The van der Waals surface area contributed by atoms with Gasteiger partial charge in [0.25, 0.3) is 5.91 Å². The van der Waals surface area contributed by atoms with Gasteiger partial charge in [-0.3, -0.25) is 4.79 Å². The van der Waals surface area contributed by atoms with Crippen LogP contribution in [0.25, 0.3) is 0 Å². The normalized spacial score (nSPS) is 18.5. The molecule has 2 N–H and O–H groups in total. The predicted molar refractivity (Wildman–Crippen MR) is 115 cm³/mol. The summed E-state index contributed by atoms with van der Waals surface area (Å²) >= 11 is 0. The van der Waals surface area contributed by atoms with Crippen LogP contribution < -0.4 is 15.5 Å². The molecule has 0 radical (unpaired) electrons. The van der Waals surface area contributed by atoms with Crippen LogP contribution >= 0.6 is 0 Å². The summed E-state index contributed by atoms with van der Waals surface area (Å²) in [5, 5.41) is 6.14. The van der Waals surface area contributed by atoms with E-state index in [1.54, 1.807) is 12.3 Å². The maximum absolute atomic E-state index is 12.7. The number of carbonyl (C=O) groups is 1. The number of fused-ring (bicyclic) bond motifs is 3. The van der Waals surface area contributed by atoms with Gasteiger partial charge in [0.1, 0.15) is 5.69 Å². The Hall–Kier alpha value is -3.41. The van der Waals surface area contributed by atoms with E-state index in [9.17, 15) is 4.79 Å². The second-order valence-electron chi connectivity index (χ2n) is 6.34. The Kier molecular flexibility index (Phi) is 5.89. The number of carbonyl (C=O) groups excluding carboxylic acids is 1. The van der Waals surface area contributed by atoms with E-state index in [-0.39, 0.29) is 5.91 Å². The van der Waals surface area contributed by atoms with Crippen molar-refractivity contribution in [1.82, 2.24) is 9.97 Å². The van der Waals surface area contributed by atoms with Gasteiger partial charge in [-0.1, -0.05) is 37.0 Å². The Morgan fingerprint density at radius 1 is 1.32 bits per heavy atom. The average molecular weight is 375 g/mol. The first-order valence-corrected chi connectivity index (χ1v) is 9.33. The van der Waals surface area contributed by atoms with Crippen LogP contribution in [0.4, 0.5) is 17.5 Å². The zero-order valence-corrected chi connectivity index (χ0v) is 16.5. The lowest BCUT2D eigenvalue weighted by atomic mass is 10.1. The zero-order chi connectivity index (χ0) is 20.1. The van der Waals surface area contributed by atoms with Gasteiger partial charge in [0, 0.05) is 12.2 Å². The number of nitrogens with one attached hydrogen (secondary N) is 2. The fourth-order valence-electron chi connectivity index (χ4n) is 3.31. The molecule has 2 aliphatic heterocycles. The summed E-state index contributed by atoms with van der Waals surface area (Å²) in [7, 11) is 0. The molecule has 3 rings (SSSR count). The van der Waals surface area contributed by atoms with Crippen LogP contribution in [0, 0.1) is 0 Å². The minimum absolute atomic E-state index is 0.193. The summed E-state index contributed by atoms with van der Waals surface area (Å²) in [6.07, 6.45) is 15.9. The lowest BCUT2D eigenvalue weighted by molar-refractivity contribution is -0.112. The Morgan fingerprint density at radius 3 is 2.82 bits per heavy atom. The Morgan fingerprint density at radius 2 is 2.14 bits per heavy atom. The van der Waals surface area contributed by atoms with E-state index in [4.69, 9.17) is 4.98 Å². The Bertz CT molecular complexity index is 950. The van der Waals surface area contributed by atoms with Crippen molar-refractivity contribution >= 4 is 23.4 Å². The van der Waals surface area contributed by atoms with Crippen molar-refractivity contribution in [3.8, 4) is 0 Å². The molecule has 2 aliphatic rings. The summed E-state index contributed by atoms with van der Waals surface area (Å²) in [6, 6.07) is 0. The largest absolute Gasteiger partial charge is 0.324 e. The van der Waals surface area contributed by atoms with Crippen LogP contribution in [0.5, 0.6) is 0 Å². The SMILES string of the molecule is C=CC1=C2/C(=C\C)CCN2c2nc(NC(/C=C\C)=C/C=C\C)ncc2NC1=O. The number of hydrogen-bond acceptors (Lipinski definition) is 5. The first-order valence-electron chi connectivity index (χ1n) is 9.33. The number of anilines is 3. The van der Waals surface area contributed by atoms with Crippen molar-refractivity contribution in [3.05, 3.63) is 77.8 Å². The zero-order valence-electron chi connectivity index (χ0n) is 16.5. The van der Waals surface area contributed by atoms with Crippen LogP contribution in [0.1, 0.15) is 27.2 Å². The van der Waals surface area contributed by atoms with Gasteiger partial charge in [-0.2, -0.15) is 4.98 Å². The highest BCUT2D eigenvalue weighted by Crippen LogP contribution is 2.40. The van der Waals surface area contributed by atoms with E-state index in [1.807, 2.05) is 57.2 Å². The first-order chi connectivity index (χ1) is 13.6. The van der Waals surface area contributed by atoms with Crippen molar-refractivity contribution in [2.75, 3.05) is 22.1 Å². The van der Waals surface area contributed by atoms with Gasteiger partial charge >= 0.3 is 0 Å². The van der Waals surface area contributed by atoms with E-state index in [2.05, 4.69) is 27.1 Å². The number of aromatic nitrogens is 2. The molecule has 0 bridgehead atoms. The lowest BCUT2D eigenvalue weighted by Gasteiger charge is -2.20. The Labute approximate surface area is 165 Å². The number of hydrogen-bond donors (Lipinski definition) is 2. The average Bonchev–Trinajstić information content (AvgIpc) is 3.07. The second kappa shape index (κ2) is 8.52. The van der Waals surface area contributed by atoms with E-state index in [0.717, 1.165) is 29.9 Å². The van der Waals surface area contributed by atoms with Crippen LogP contribution in [-0.2, 0) is 4.79 Å². The number of nitrogens with zero attached hydrogens (tertiary/aromatic N) is 3. The number of allylic oxidation sites excluding steroid dienone is 7. The molecule has 1 aromatic heterocycles. The third kappa shape index (κ3) is 3.67. The fraction of sp³-hybridized carbons (Fsp3) is 0.227. The van der Waals surface area contributed by atoms with Crippen molar-refractivity contribution in [2.45, 2.75) is 27.2 Å². The highest BCUT2D eigenvalue weighted by molar-refractivity contribution is 6.10. The molecule has 0 aliphatic carbocycles. The molecule has 0 unspecified atom stereocenters. The monoisotopic (exact) mass is 375 g/mol. The predicted octanol–water partition coefficient (Wildman–Crippen LogP) is 4.47. The van der Waals surface area contributed by atoms with Crippen LogP contribution in [0.2, 0.25) is 0 Å². The van der Waals surface area contributed by atoms with Crippen LogP contribution in [0.3, 0.4) is 0 Å². The molecule has 1 amide bonds. The molecule has 3 heterocycles. The minimum atomic E-state index is -0.193. The molecule has 1 saturated heterocycles. The van der Waals surface area contributed by atoms with E-state index in [0.29, 0.717) is 23.0 Å². The lowest BCUT2D eigenvalue weighted by Crippen LogP contribution is -2.19. The van der Waals surface area contributed by atoms with Gasteiger partial charge in [0.05, 0.1) is 17.5 Å².